The number of fused-ring (bicyclic) bond motifs is 1. The topological polar surface area (TPSA) is 12.9 Å². The van der Waals surface area contributed by atoms with Gasteiger partial charge in [0.1, 0.15) is 0 Å². The summed E-state index contributed by atoms with van der Waals surface area (Å²) in [6, 6.07) is 11.8. The average molecular weight is 312 g/mol. The Hall–Kier alpha value is -0.682. The first-order chi connectivity index (χ1) is 4.97. The maximum absolute atomic E-state index is 4.06. The molecule has 0 aliphatic heterocycles. The minimum absolute atomic E-state index is 0. The van der Waals surface area contributed by atoms with Gasteiger partial charge in [-0.1, -0.05) is 30.5 Å². The number of aromatic nitrogens is 1. The first kappa shape index (κ1) is 8.42. The fraction of sp³-hybridized carbons (Fsp3) is 0. The van der Waals surface area contributed by atoms with Crippen LogP contribution in [-0.2, 0) is 21.1 Å². The van der Waals surface area contributed by atoms with Crippen LogP contribution in [0.5, 0.6) is 0 Å². The number of hydrogen-bond acceptors (Lipinski definition) is 1. The first-order valence-corrected chi connectivity index (χ1v) is 3.19. The van der Waals surface area contributed by atoms with Crippen molar-refractivity contribution in [3.8, 4) is 0 Å². The molecule has 0 aliphatic rings. The molecule has 54 valence electrons. The maximum atomic E-state index is 4.06. The van der Waals surface area contributed by atoms with Crippen LogP contribution >= 0.6 is 0 Å². The van der Waals surface area contributed by atoms with Gasteiger partial charge < -0.3 is 4.98 Å². The quantitative estimate of drug-likeness (QED) is 0.679. The Morgan fingerprint density at radius 3 is 2.73 bits per heavy atom. The van der Waals surface area contributed by atoms with Crippen LogP contribution in [0.3, 0.4) is 0 Å². The van der Waals surface area contributed by atoms with E-state index in [4.69, 9.17) is 0 Å². The number of pyridine rings is 1. The fourth-order valence-electron chi connectivity index (χ4n) is 0.964. The molecule has 1 nitrogen and oxygen atoms in total. The van der Waals surface area contributed by atoms with Crippen molar-refractivity contribution in [2.45, 2.75) is 0 Å². The van der Waals surface area contributed by atoms with Crippen LogP contribution in [0.2, 0.25) is 0 Å². The molecule has 0 saturated heterocycles. The number of rotatable bonds is 0. The standard InChI is InChI=1S/C9H6N.W/c1-2-6-9-8(4-1)5-3-7-10-9;/h1-6H;/q-1;. The Kier molecular flexibility index (Phi) is 2.78. The van der Waals surface area contributed by atoms with E-state index in [-0.39, 0.29) is 21.1 Å². The van der Waals surface area contributed by atoms with Crippen molar-refractivity contribution < 1.29 is 21.1 Å². The molecular formula is C9H6NW-. The van der Waals surface area contributed by atoms with Crippen molar-refractivity contribution in [3.05, 3.63) is 42.6 Å². The Balaban J connectivity index is 0.000000605. The molecule has 0 bridgehead atoms. The van der Waals surface area contributed by atoms with Gasteiger partial charge >= 0.3 is 0 Å². The molecule has 0 N–H and O–H groups in total. The second kappa shape index (κ2) is 3.64. The zero-order valence-electron chi connectivity index (χ0n) is 5.82. The monoisotopic (exact) mass is 312 g/mol. The Bertz CT molecular complexity index is 281. The van der Waals surface area contributed by atoms with Crippen molar-refractivity contribution in [2.75, 3.05) is 0 Å². The summed E-state index contributed by atoms with van der Waals surface area (Å²) >= 11 is 0. The van der Waals surface area contributed by atoms with Gasteiger partial charge in [0.05, 0.1) is 0 Å². The predicted molar refractivity (Wildman–Crippen MR) is 40.6 cm³/mol. The maximum Gasteiger partial charge on any atom is 0 e. The second-order valence-corrected chi connectivity index (χ2v) is 2.13. The van der Waals surface area contributed by atoms with E-state index in [0.717, 1.165) is 5.52 Å². The molecule has 2 rings (SSSR count). The van der Waals surface area contributed by atoms with Crippen LogP contribution in [0.1, 0.15) is 0 Å². The molecule has 1 aromatic carbocycles. The van der Waals surface area contributed by atoms with E-state index in [1.165, 1.54) is 5.39 Å². The molecule has 2 heteroatoms. The van der Waals surface area contributed by atoms with Crippen molar-refractivity contribution in [3.63, 3.8) is 0 Å². The van der Waals surface area contributed by atoms with E-state index in [9.17, 15) is 0 Å². The summed E-state index contributed by atoms with van der Waals surface area (Å²) in [4.78, 5) is 4.06. The van der Waals surface area contributed by atoms with Crippen LogP contribution in [0.15, 0.2) is 36.4 Å². The summed E-state index contributed by atoms with van der Waals surface area (Å²) < 4.78 is 0. The molecule has 1 aromatic heterocycles. The molecule has 0 unspecified atom stereocenters. The summed E-state index contributed by atoms with van der Waals surface area (Å²) in [5.74, 6) is 0. The molecule has 2 aromatic rings. The van der Waals surface area contributed by atoms with E-state index in [2.05, 4.69) is 11.2 Å². The summed E-state index contributed by atoms with van der Waals surface area (Å²) in [5.41, 5.74) is 1.00. The van der Waals surface area contributed by atoms with E-state index < -0.39 is 0 Å². The average Bonchev–Trinajstić information content (AvgIpc) is 2.05. The normalized spacial score (nSPS) is 9.09. The predicted octanol–water partition coefficient (Wildman–Crippen LogP) is 2.03. The number of benzene rings is 1. The van der Waals surface area contributed by atoms with Gasteiger partial charge in [0.15, 0.2) is 0 Å². The van der Waals surface area contributed by atoms with E-state index >= 15 is 0 Å². The van der Waals surface area contributed by atoms with E-state index in [0.29, 0.717) is 0 Å². The Morgan fingerprint density at radius 2 is 1.91 bits per heavy atom. The molecule has 0 spiro atoms. The molecule has 0 fully saturated rings. The Labute approximate surface area is 79.7 Å². The Morgan fingerprint density at radius 1 is 1.09 bits per heavy atom. The van der Waals surface area contributed by atoms with Gasteiger partial charge in [0.25, 0.3) is 0 Å². The number of nitrogens with zero attached hydrogens (tertiary/aromatic N) is 1. The van der Waals surface area contributed by atoms with Crippen molar-refractivity contribution in [2.24, 2.45) is 0 Å². The molecule has 0 saturated carbocycles. The van der Waals surface area contributed by atoms with Gasteiger partial charge in [-0.05, 0) is 5.52 Å². The molecule has 0 amide bonds. The van der Waals surface area contributed by atoms with Crippen molar-refractivity contribution in [1.82, 2.24) is 4.98 Å². The van der Waals surface area contributed by atoms with Gasteiger partial charge in [0, 0.05) is 21.1 Å². The third kappa shape index (κ3) is 1.66. The minimum atomic E-state index is 0. The molecule has 0 atom stereocenters. The summed E-state index contributed by atoms with van der Waals surface area (Å²) in [7, 11) is 0. The minimum Gasteiger partial charge on any atom is -0.386 e. The number of hydrogen-bond donors (Lipinski definition) is 0. The molecule has 1 heterocycles. The fourth-order valence-corrected chi connectivity index (χ4v) is 0.964. The van der Waals surface area contributed by atoms with Crippen LogP contribution in [0, 0.1) is 6.20 Å². The SMILES string of the molecule is [W].[c-]1ccc2ccccc2n1. The number of para-hydroxylation sites is 1. The third-order valence-electron chi connectivity index (χ3n) is 1.46. The summed E-state index contributed by atoms with van der Waals surface area (Å²) in [5, 5.41) is 1.17. The van der Waals surface area contributed by atoms with Crippen LogP contribution < -0.4 is 0 Å². The first-order valence-electron chi connectivity index (χ1n) is 3.19. The van der Waals surface area contributed by atoms with Crippen LogP contribution in [0.25, 0.3) is 10.9 Å². The molecule has 0 radical (unpaired) electrons. The second-order valence-electron chi connectivity index (χ2n) is 2.13. The molecule has 0 aliphatic carbocycles. The van der Waals surface area contributed by atoms with Gasteiger partial charge in [-0.15, -0.1) is 5.39 Å². The third-order valence-corrected chi connectivity index (χ3v) is 1.46. The smallest absolute Gasteiger partial charge is 0 e. The van der Waals surface area contributed by atoms with Gasteiger partial charge in [-0.25, -0.2) is 0 Å². The van der Waals surface area contributed by atoms with Gasteiger partial charge in [0.2, 0.25) is 0 Å². The van der Waals surface area contributed by atoms with Crippen molar-refractivity contribution >= 4 is 10.9 Å². The molecule has 11 heavy (non-hydrogen) atoms. The zero-order chi connectivity index (χ0) is 6.81. The summed E-state index contributed by atoms with van der Waals surface area (Å²) in [6.07, 6.45) is 2.79. The largest absolute Gasteiger partial charge is 0.386 e. The summed E-state index contributed by atoms with van der Waals surface area (Å²) in [6.45, 7) is 0. The molecular weight excluding hydrogens is 306 g/mol. The van der Waals surface area contributed by atoms with Crippen LogP contribution in [-0.4, -0.2) is 4.98 Å². The van der Waals surface area contributed by atoms with E-state index in [1.54, 1.807) is 0 Å². The van der Waals surface area contributed by atoms with Gasteiger partial charge in [-0.2, -0.15) is 12.1 Å². The van der Waals surface area contributed by atoms with Gasteiger partial charge in [-0.3, -0.25) is 0 Å². The van der Waals surface area contributed by atoms with Crippen molar-refractivity contribution in [1.29, 1.82) is 0 Å². The van der Waals surface area contributed by atoms with E-state index in [1.807, 2.05) is 36.4 Å². The zero-order valence-corrected chi connectivity index (χ0v) is 8.75. The van der Waals surface area contributed by atoms with Crippen LogP contribution in [0.4, 0.5) is 0 Å².